The van der Waals surface area contributed by atoms with Gasteiger partial charge < -0.3 is 10.1 Å². The maximum atomic E-state index is 13.7. The van der Waals surface area contributed by atoms with Crippen LogP contribution < -0.4 is 5.32 Å². The van der Waals surface area contributed by atoms with Gasteiger partial charge in [0, 0.05) is 12.6 Å². The highest BCUT2D eigenvalue weighted by Crippen LogP contribution is 2.38. The summed E-state index contributed by atoms with van der Waals surface area (Å²) in [6.45, 7) is 5.79. The fourth-order valence-electron chi connectivity index (χ4n) is 3.47. The molecule has 0 spiro atoms. The van der Waals surface area contributed by atoms with Crippen LogP contribution >= 0.6 is 15.9 Å². The van der Waals surface area contributed by atoms with Crippen LogP contribution in [0.1, 0.15) is 45.1 Å². The summed E-state index contributed by atoms with van der Waals surface area (Å²) in [7, 11) is 0. The van der Waals surface area contributed by atoms with Crippen molar-refractivity contribution in [1.82, 2.24) is 5.32 Å². The number of likely N-dealkylation sites (N-methyl/N-ethyl adjacent to an activating group) is 1. The Bertz CT molecular complexity index is 460. The van der Waals surface area contributed by atoms with E-state index >= 15 is 0 Å². The minimum atomic E-state index is -0.195. The van der Waals surface area contributed by atoms with Crippen molar-refractivity contribution in [2.45, 2.75) is 57.6 Å². The molecule has 0 heterocycles. The zero-order valence-electron chi connectivity index (χ0n) is 12.9. The molecule has 1 aliphatic carbocycles. The molecule has 0 bridgehead atoms. The molecule has 4 heteroatoms. The minimum absolute atomic E-state index is 0.101. The first-order chi connectivity index (χ1) is 10.1. The Morgan fingerprint density at radius 2 is 2.05 bits per heavy atom. The first-order valence-electron chi connectivity index (χ1n) is 7.93. The van der Waals surface area contributed by atoms with E-state index in [2.05, 4.69) is 35.1 Å². The first-order valence-corrected chi connectivity index (χ1v) is 8.72. The van der Waals surface area contributed by atoms with Crippen molar-refractivity contribution >= 4 is 15.9 Å². The highest BCUT2D eigenvalue weighted by atomic mass is 79.9. The van der Waals surface area contributed by atoms with Gasteiger partial charge in [-0.2, -0.15) is 0 Å². The van der Waals surface area contributed by atoms with Crippen LogP contribution in [0.15, 0.2) is 22.7 Å². The average Bonchev–Trinajstić information content (AvgIpc) is 2.93. The van der Waals surface area contributed by atoms with E-state index in [0.717, 1.165) is 38.0 Å². The van der Waals surface area contributed by atoms with E-state index in [4.69, 9.17) is 4.74 Å². The maximum Gasteiger partial charge on any atom is 0.137 e. The third kappa shape index (κ3) is 3.85. The van der Waals surface area contributed by atoms with Gasteiger partial charge in [-0.05, 0) is 60.3 Å². The number of ether oxygens (including phenoxy) is 1. The molecule has 1 N–H and O–H groups in total. The minimum Gasteiger partial charge on any atom is -0.374 e. The number of nitrogens with one attached hydrogen (secondary N) is 1. The second kappa shape index (κ2) is 7.70. The lowest BCUT2D eigenvalue weighted by molar-refractivity contribution is -0.0610. The summed E-state index contributed by atoms with van der Waals surface area (Å²) in [6, 6.07) is 5.49. The molecule has 0 radical (unpaired) electrons. The molecule has 1 fully saturated rings. The van der Waals surface area contributed by atoms with Crippen molar-refractivity contribution in [2.24, 2.45) is 0 Å². The van der Waals surface area contributed by atoms with Crippen LogP contribution in [0.3, 0.4) is 0 Å². The Hall–Kier alpha value is -0.450. The smallest absolute Gasteiger partial charge is 0.137 e. The zero-order chi connectivity index (χ0) is 15.3. The Morgan fingerprint density at radius 1 is 1.33 bits per heavy atom. The molecule has 1 aliphatic rings. The quantitative estimate of drug-likeness (QED) is 0.777. The first kappa shape index (κ1) is 16.9. The van der Waals surface area contributed by atoms with E-state index in [-0.39, 0.29) is 17.5 Å². The summed E-state index contributed by atoms with van der Waals surface area (Å²) >= 11 is 3.38. The number of rotatable bonds is 7. The number of benzene rings is 1. The average molecular weight is 358 g/mol. The largest absolute Gasteiger partial charge is 0.374 e. The van der Waals surface area contributed by atoms with Crippen molar-refractivity contribution in [2.75, 3.05) is 13.2 Å². The van der Waals surface area contributed by atoms with E-state index in [1.807, 2.05) is 6.07 Å². The van der Waals surface area contributed by atoms with E-state index in [1.54, 1.807) is 6.07 Å². The number of hydrogen-bond acceptors (Lipinski definition) is 2. The van der Waals surface area contributed by atoms with Crippen LogP contribution in [-0.2, 0) is 11.2 Å². The van der Waals surface area contributed by atoms with Gasteiger partial charge in [0.05, 0.1) is 10.1 Å². The summed E-state index contributed by atoms with van der Waals surface area (Å²) in [4.78, 5) is 0. The Kier molecular flexibility index (Phi) is 6.20. The van der Waals surface area contributed by atoms with Crippen LogP contribution in [0.5, 0.6) is 0 Å². The van der Waals surface area contributed by atoms with E-state index in [9.17, 15) is 4.39 Å². The molecule has 1 saturated carbocycles. The number of hydrogen-bond donors (Lipinski definition) is 1. The Morgan fingerprint density at radius 3 is 2.67 bits per heavy atom. The van der Waals surface area contributed by atoms with Crippen LogP contribution in [0, 0.1) is 5.82 Å². The molecule has 0 saturated heterocycles. The molecule has 0 aliphatic heterocycles. The Balaban J connectivity index is 2.23. The summed E-state index contributed by atoms with van der Waals surface area (Å²) in [5.74, 6) is -0.195. The summed E-state index contributed by atoms with van der Waals surface area (Å²) in [5.41, 5.74) is 0.906. The predicted octanol–water partition coefficient (Wildman–Crippen LogP) is 4.46. The number of halogens is 2. The monoisotopic (exact) mass is 357 g/mol. The van der Waals surface area contributed by atoms with E-state index in [0.29, 0.717) is 4.47 Å². The summed E-state index contributed by atoms with van der Waals surface area (Å²) < 4.78 is 20.5. The highest BCUT2D eigenvalue weighted by molar-refractivity contribution is 9.10. The van der Waals surface area contributed by atoms with Crippen LogP contribution in [-0.4, -0.2) is 24.8 Å². The third-order valence-electron chi connectivity index (χ3n) is 4.42. The molecule has 0 aromatic heterocycles. The van der Waals surface area contributed by atoms with E-state index < -0.39 is 0 Å². The lowest BCUT2D eigenvalue weighted by Crippen LogP contribution is -2.52. The van der Waals surface area contributed by atoms with Crippen molar-refractivity contribution in [3.8, 4) is 0 Å². The van der Waals surface area contributed by atoms with Gasteiger partial charge >= 0.3 is 0 Å². The molecular formula is C17H25BrFNO. The van der Waals surface area contributed by atoms with Crippen LogP contribution in [0.2, 0.25) is 0 Å². The molecule has 1 aromatic carbocycles. The zero-order valence-corrected chi connectivity index (χ0v) is 14.5. The molecule has 1 aromatic rings. The second-order valence-electron chi connectivity index (χ2n) is 5.73. The highest BCUT2D eigenvalue weighted by Gasteiger charge is 2.41. The second-order valence-corrected chi connectivity index (χ2v) is 6.53. The molecule has 2 rings (SSSR count). The predicted molar refractivity (Wildman–Crippen MR) is 88.1 cm³/mol. The third-order valence-corrected chi connectivity index (χ3v) is 5.31. The summed E-state index contributed by atoms with van der Waals surface area (Å²) in [5, 5.41) is 3.58. The van der Waals surface area contributed by atoms with Gasteiger partial charge in [-0.25, -0.2) is 4.39 Å². The van der Waals surface area contributed by atoms with Crippen molar-refractivity contribution in [3.05, 3.63) is 34.1 Å². The van der Waals surface area contributed by atoms with Gasteiger partial charge in [-0.3, -0.25) is 0 Å². The van der Waals surface area contributed by atoms with Gasteiger partial charge in [0.2, 0.25) is 0 Å². The normalized spacial score (nSPS) is 18.9. The van der Waals surface area contributed by atoms with Gasteiger partial charge in [-0.1, -0.05) is 31.9 Å². The summed E-state index contributed by atoms with van der Waals surface area (Å²) in [6.07, 6.45) is 5.39. The molecule has 2 nitrogen and oxygen atoms in total. The molecule has 1 atom stereocenters. The van der Waals surface area contributed by atoms with Crippen molar-refractivity contribution in [1.29, 1.82) is 0 Å². The van der Waals surface area contributed by atoms with Gasteiger partial charge in [0.25, 0.3) is 0 Å². The van der Waals surface area contributed by atoms with E-state index in [1.165, 1.54) is 18.9 Å². The topological polar surface area (TPSA) is 21.3 Å². The fraction of sp³-hybridized carbons (Fsp3) is 0.647. The fourth-order valence-corrected chi connectivity index (χ4v) is 3.90. The lowest BCUT2D eigenvalue weighted by Gasteiger charge is -2.38. The molecular weight excluding hydrogens is 333 g/mol. The SMILES string of the molecule is CCNC(Cc1cccc(F)c1Br)C1(OCC)CCCC1. The Labute approximate surface area is 135 Å². The maximum absolute atomic E-state index is 13.7. The van der Waals surface area contributed by atoms with Gasteiger partial charge in [0.15, 0.2) is 0 Å². The van der Waals surface area contributed by atoms with Gasteiger partial charge in [0.1, 0.15) is 5.82 Å². The lowest BCUT2D eigenvalue weighted by atomic mass is 9.87. The molecule has 21 heavy (non-hydrogen) atoms. The molecule has 1 unspecified atom stereocenters. The standard InChI is InChI=1S/C17H25BrFNO/c1-3-20-15(17(21-4-2)10-5-6-11-17)12-13-8-7-9-14(19)16(13)18/h7-9,15,20H,3-6,10-12H2,1-2H3. The van der Waals surface area contributed by atoms with Crippen molar-refractivity contribution < 1.29 is 9.13 Å². The van der Waals surface area contributed by atoms with Crippen LogP contribution in [0.4, 0.5) is 4.39 Å². The van der Waals surface area contributed by atoms with Gasteiger partial charge in [-0.15, -0.1) is 0 Å². The molecule has 118 valence electrons. The van der Waals surface area contributed by atoms with Crippen molar-refractivity contribution in [3.63, 3.8) is 0 Å². The molecule has 0 amide bonds. The van der Waals surface area contributed by atoms with Crippen LogP contribution in [0.25, 0.3) is 0 Å².